The molecule has 2 aromatic heterocycles. The van der Waals surface area contributed by atoms with Gasteiger partial charge in [-0.25, -0.2) is 14.4 Å². The molecule has 0 N–H and O–H groups in total. The summed E-state index contributed by atoms with van der Waals surface area (Å²) in [5, 5.41) is 9.32. The van der Waals surface area contributed by atoms with Gasteiger partial charge in [0.1, 0.15) is 23.3 Å². The SMILES string of the molecule is Cc1nc(-c2cccnc2)nc(N2CCN(c3cccc(F)c3C#N)CC2)c1C. The van der Waals surface area contributed by atoms with E-state index in [4.69, 9.17) is 4.98 Å². The van der Waals surface area contributed by atoms with E-state index in [1.807, 2.05) is 32.0 Å². The Bertz CT molecular complexity index is 1070. The van der Waals surface area contributed by atoms with Gasteiger partial charge in [0.25, 0.3) is 0 Å². The van der Waals surface area contributed by atoms with E-state index < -0.39 is 5.82 Å². The fourth-order valence-corrected chi connectivity index (χ4v) is 3.59. The molecule has 0 spiro atoms. The number of benzene rings is 1. The van der Waals surface area contributed by atoms with E-state index in [0.717, 1.165) is 35.7 Å². The van der Waals surface area contributed by atoms with Crippen LogP contribution in [0, 0.1) is 31.0 Å². The average Bonchev–Trinajstić information content (AvgIpc) is 2.76. The van der Waals surface area contributed by atoms with E-state index in [2.05, 4.69) is 19.8 Å². The van der Waals surface area contributed by atoms with Gasteiger partial charge in [0, 0.05) is 55.4 Å². The van der Waals surface area contributed by atoms with Gasteiger partial charge in [-0.05, 0) is 38.1 Å². The van der Waals surface area contributed by atoms with Crippen molar-refractivity contribution in [2.45, 2.75) is 13.8 Å². The molecule has 4 rings (SSSR count). The van der Waals surface area contributed by atoms with Crippen molar-refractivity contribution in [1.82, 2.24) is 15.0 Å². The van der Waals surface area contributed by atoms with Gasteiger partial charge in [0.15, 0.2) is 5.82 Å². The Morgan fingerprint density at radius 1 is 1.00 bits per heavy atom. The van der Waals surface area contributed by atoms with Gasteiger partial charge in [0.05, 0.1) is 5.69 Å². The lowest BCUT2D eigenvalue weighted by Gasteiger charge is -2.37. The standard InChI is InChI=1S/C22H21FN6/c1-15-16(2)26-21(17-5-4-8-25-14-17)27-22(15)29-11-9-28(10-12-29)20-7-3-6-19(23)18(20)13-24/h3-8,14H,9-12H2,1-2H3. The number of rotatable bonds is 3. The Hall–Kier alpha value is -3.53. The smallest absolute Gasteiger partial charge is 0.163 e. The number of anilines is 2. The van der Waals surface area contributed by atoms with Gasteiger partial charge in [0.2, 0.25) is 0 Å². The average molecular weight is 388 g/mol. The maximum atomic E-state index is 14.0. The molecule has 3 heterocycles. The van der Waals surface area contributed by atoms with Gasteiger partial charge in [-0.3, -0.25) is 4.98 Å². The number of aromatic nitrogens is 3. The first-order valence-corrected chi connectivity index (χ1v) is 9.52. The van der Waals surface area contributed by atoms with E-state index in [-0.39, 0.29) is 5.56 Å². The van der Waals surface area contributed by atoms with E-state index in [1.54, 1.807) is 24.5 Å². The molecule has 0 bridgehead atoms. The van der Waals surface area contributed by atoms with Crippen LogP contribution < -0.4 is 9.80 Å². The number of pyridine rings is 1. The number of hydrogen-bond donors (Lipinski definition) is 0. The molecule has 7 heteroatoms. The second-order valence-electron chi connectivity index (χ2n) is 7.04. The van der Waals surface area contributed by atoms with Crippen LogP contribution in [0.2, 0.25) is 0 Å². The Morgan fingerprint density at radius 3 is 2.45 bits per heavy atom. The quantitative estimate of drug-likeness (QED) is 0.684. The van der Waals surface area contributed by atoms with Gasteiger partial charge < -0.3 is 9.80 Å². The first-order valence-electron chi connectivity index (χ1n) is 9.52. The van der Waals surface area contributed by atoms with Crippen molar-refractivity contribution in [3.8, 4) is 17.5 Å². The van der Waals surface area contributed by atoms with Crippen molar-refractivity contribution in [3.05, 3.63) is 65.4 Å². The minimum atomic E-state index is -0.476. The highest BCUT2D eigenvalue weighted by atomic mass is 19.1. The fourth-order valence-electron chi connectivity index (χ4n) is 3.59. The van der Waals surface area contributed by atoms with E-state index in [1.165, 1.54) is 6.07 Å². The summed E-state index contributed by atoms with van der Waals surface area (Å²) in [5.74, 6) is 1.10. The number of nitriles is 1. The third-order valence-corrected chi connectivity index (χ3v) is 5.31. The van der Waals surface area contributed by atoms with Gasteiger partial charge in [-0.15, -0.1) is 0 Å². The number of hydrogen-bond acceptors (Lipinski definition) is 6. The lowest BCUT2D eigenvalue weighted by molar-refractivity contribution is 0.615. The molecule has 1 aliphatic rings. The molecule has 1 aromatic carbocycles. The zero-order valence-electron chi connectivity index (χ0n) is 16.4. The van der Waals surface area contributed by atoms with Crippen molar-refractivity contribution < 1.29 is 4.39 Å². The summed E-state index contributed by atoms with van der Waals surface area (Å²) in [6.07, 6.45) is 3.49. The molecule has 0 radical (unpaired) electrons. The monoisotopic (exact) mass is 388 g/mol. The van der Waals surface area contributed by atoms with Crippen molar-refractivity contribution in [1.29, 1.82) is 5.26 Å². The van der Waals surface area contributed by atoms with Crippen molar-refractivity contribution in [2.75, 3.05) is 36.0 Å². The highest BCUT2D eigenvalue weighted by molar-refractivity contribution is 5.62. The van der Waals surface area contributed by atoms with Crippen molar-refractivity contribution in [2.24, 2.45) is 0 Å². The number of nitrogens with zero attached hydrogens (tertiary/aromatic N) is 6. The summed E-state index contributed by atoms with van der Waals surface area (Å²) >= 11 is 0. The first kappa shape index (κ1) is 18.8. The minimum absolute atomic E-state index is 0.105. The normalized spacial score (nSPS) is 14.0. The van der Waals surface area contributed by atoms with Crippen LogP contribution in [-0.4, -0.2) is 41.1 Å². The van der Waals surface area contributed by atoms with E-state index in [9.17, 15) is 9.65 Å². The third kappa shape index (κ3) is 3.61. The second-order valence-corrected chi connectivity index (χ2v) is 7.04. The summed E-state index contributed by atoms with van der Waals surface area (Å²) in [6, 6.07) is 10.6. The molecule has 6 nitrogen and oxygen atoms in total. The molecular formula is C22H21FN6. The molecule has 0 aliphatic carbocycles. The Balaban J connectivity index is 1.59. The second kappa shape index (κ2) is 7.84. The van der Waals surface area contributed by atoms with Gasteiger partial charge in [-0.1, -0.05) is 6.07 Å². The molecule has 29 heavy (non-hydrogen) atoms. The number of aryl methyl sites for hydroxylation is 1. The molecule has 1 aliphatic heterocycles. The lowest BCUT2D eigenvalue weighted by atomic mass is 10.1. The van der Waals surface area contributed by atoms with Gasteiger partial charge >= 0.3 is 0 Å². The van der Waals surface area contributed by atoms with Crippen LogP contribution in [0.5, 0.6) is 0 Å². The van der Waals surface area contributed by atoms with Crippen molar-refractivity contribution in [3.63, 3.8) is 0 Å². The molecule has 1 saturated heterocycles. The molecule has 146 valence electrons. The van der Waals surface area contributed by atoms with Crippen LogP contribution >= 0.6 is 0 Å². The summed E-state index contributed by atoms with van der Waals surface area (Å²) in [6.45, 7) is 6.84. The van der Waals surface area contributed by atoms with E-state index in [0.29, 0.717) is 24.6 Å². The molecule has 0 amide bonds. The molecule has 0 saturated carbocycles. The largest absolute Gasteiger partial charge is 0.367 e. The minimum Gasteiger partial charge on any atom is -0.367 e. The Morgan fingerprint density at radius 2 is 1.76 bits per heavy atom. The summed E-state index contributed by atoms with van der Waals surface area (Å²) in [4.78, 5) is 17.9. The summed E-state index contributed by atoms with van der Waals surface area (Å²) < 4.78 is 14.0. The van der Waals surface area contributed by atoms with Crippen LogP contribution in [0.4, 0.5) is 15.9 Å². The molecule has 3 aromatic rings. The molecular weight excluding hydrogens is 367 g/mol. The van der Waals surface area contributed by atoms with E-state index >= 15 is 0 Å². The first-order chi connectivity index (χ1) is 14.1. The van der Waals surface area contributed by atoms with Crippen LogP contribution in [-0.2, 0) is 0 Å². The zero-order chi connectivity index (χ0) is 20.4. The van der Waals surface area contributed by atoms with Crippen LogP contribution in [0.25, 0.3) is 11.4 Å². The highest BCUT2D eigenvalue weighted by Gasteiger charge is 2.23. The maximum absolute atomic E-state index is 14.0. The Kier molecular flexibility index (Phi) is 5.09. The topological polar surface area (TPSA) is 68.9 Å². The lowest BCUT2D eigenvalue weighted by Crippen LogP contribution is -2.47. The maximum Gasteiger partial charge on any atom is 0.163 e. The van der Waals surface area contributed by atoms with Gasteiger partial charge in [-0.2, -0.15) is 5.26 Å². The van der Waals surface area contributed by atoms with Crippen LogP contribution in [0.1, 0.15) is 16.8 Å². The number of halogens is 1. The van der Waals surface area contributed by atoms with Crippen molar-refractivity contribution >= 4 is 11.5 Å². The number of piperazine rings is 1. The molecule has 0 unspecified atom stereocenters. The predicted molar refractivity (Wildman–Crippen MR) is 110 cm³/mol. The fraction of sp³-hybridized carbons (Fsp3) is 0.273. The third-order valence-electron chi connectivity index (χ3n) is 5.31. The molecule has 1 fully saturated rings. The zero-order valence-corrected chi connectivity index (χ0v) is 16.4. The van der Waals surface area contributed by atoms with Crippen LogP contribution in [0.15, 0.2) is 42.7 Å². The summed E-state index contributed by atoms with van der Waals surface area (Å²) in [5.41, 5.74) is 3.63. The Labute approximate surface area is 169 Å². The molecule has 0 atom stereocenters. The van der Waals surface area contributed by atoms with Crippen LogP contribution in [0.3, 0.4) is 0 Å². The summed E-state index contributed by atoms with van der Waals surface area (Å²) in [7, 11) is 0. The predicted octanol–water partition coefficient (Wildman–Crippen LogP) is 3.49. The highest BCUT2D eigenvalue weighted by Crippen LogP contribution is 2.28.